The van der Waals surface area contributed by atoms with Crippen LogP contribution in [0.15, 0.2) is 53.4 Å². The number of benzene rings is 2. The highest BCUT2D eigenvalue weighted by Crippen LogP contribution is 2.15. The fourth-order valence-corrected chi connectivity index (χ4v) is 2.55. The Labute approximate surface area is 124 Å². The second kappa shape index (κ2) is 6.10. The Bertz CT molecular complexity index is 729. The minimum absolute atomic E-state index is 0.0234. The lowest BCUT2D eigenvalue weighted by Crippen LogP contribution is -2.04. The lowest BCUT2D eigenvalue weighted by atomic mass is 10.0. The molecule has 0 unspecified atom stereocenters. The molecule has 0 radical (unpaired) electrons. The molecular formula is C16H16O4S. The van der Waals surface area contributed by atoms with Gasteiger partial charge in [-0.15, -0.1) is 0 Å². The van der Waals surface area contributed by atoms with Crippen LogP contribution >= 0.6 is 0 Å². The molecule has 21 heavy (non-hydrogen) atoms. The predicted octanol–water partition coefficient (Wildman–Crippen LogP) is 2.52. The monoisotopic (exact) mass is 304 g/mol. The van der Waals surface area contributed by atoms with Crippen LogP contribution in [0.1, 0.15) is 15.9 Å². The van der Waals surface area contributed by atoms with Crippen molar-refractivity contribution in [3.8, 4) is 5.75 Å². The van der Waals surface area contributed by atoms with Crippen LogP contribution in [0.25, 0.3) is 0 Å². The Morgan fingerprint density at radius 3 is 2.05 bits per heavy atom. The molecule has 0 aliphatic carbocycles. The van der Waals surface area contributed by atoms with E-state index in [4.69, 9.17) is 4.74 Å². The molecule has 0 bridgehead atoms. The summed E-state index contributed by atoms with van der Waals surface area (Å²) >= 11 is 0. The van der Waals surface area contributed by atoms with E-state index in [1.165, 1.54) is 12.1 Å². The van der Waals surface area contributed by atoms with E-state index >= 15 is 0 Å². The molecule has 0 spiro atoms. The van der Waals surface area contributed by atoms with Crippen LogP contribution in [-0.2, 0) is 16.3 Å². The standard InChI is InChI=1S/C16H16O4S/c1-20-14-7-5-13(6-8-14)16(17)11-12-3-9-15(10-4-12)21(2,18)19/h3-10H,11H2,1-2H3. The Balaban J connectivity index is 2.12. The number of sulfone groups is 1. The van der Waals surface area contributed by atoms with E-state index in [0.717, 1.165) is 11.8 Å². The summed E-state index contributed by atoms with van der Waals surface area (Å²) in [6, 6.07) is 13.3. The van der Waals surface area contributed by atoms with Crippen molar-refractivity contribution in [2.45, 2.75) is 11.3 Å². The third kappa shape index (κ3) is 3.92. The van der Waals surface area contributed by atoms with Gasteiger partial charge in [-0.25, -0.2) is 8.42 Å². The first-order valence-corrected chi connectivity index (χ1v) is 8.25. The molecule has 0 saturated heterocycles. The van der Waals surface area contributed by atoms with Gasteiger partial charge in [0.1, 0.15) is 5.75 Å². The molecular weight excluding hydrogens is 288 g/mol. The maximum atomic E-state index is 12.1. The highest BCUT2D eigenvalue weighted by Gasteiger charge is 2.10. The first-order chi connectivity index (χ1) is 9.90. The minimum Gasteiger partial charge on any atom is -0.497 e. The molecule has 0 saturated carbocycles. The molecule has 0 fully saturated rings. The van der Waals surface area contributed by atoms with Crippen LogP contribution in [0.3, 0.4) is 0 Å². The summed E-state index contributed by atoms with van der Waals surface area (Å²) in [5.41, 5.74) is 1.38. The quantitative estimate of drug-likeness (QED) is 0.796. The third-order valence-corrected chi connectivity index (χ3v) is 4.26. The second-order valence-electron chi connectivity index (χ2n) is 4.74. The van der Waals surface area contributed by atoms with Crippen molar-refractivity contribution in [2.75, 3.05) is 13.4 Å². The van der Waals surface area contributed by atoms with Crippen molar-refractivity contribution in [2.24, 2.45) is 0 Å². The van der Waals surface area contributed by atoms with Gasteiger partial charge in [0.25, 0.3) is 0 Å². The molecule has 0 heterocycles. The van der Waals surface area contributed by atoms with Gasteiger partial charge in [0, 0.05) is 18.2 Å². The van der Waals surface area contributed by atoms with Crippen LogP contribution in [0, 0.1) is 0 Å². The SMILES string of the molecule is COc1ccc(C(=O)Cc2ccc(S(C)(=O)=O)cc2)cc1. The molecule has 2 rings (SSSR count). The van der Waals surface area contributed by atoms with Gasteiger partial charge in [-0.1, -0.05) is 12.1 Å². The van der Waals surface area contributed by atoms with Gasteiger partial charge in [-0.2, -0.15) is 0 Å². The zero-order valence-electron chi connectivity index (χ0n) is 11.9. The molecule has 2 aromatic carbocycles. The number of Topliss-reactive ketones (excluding diaryl/α,β-unsaturated/α-hetero) is 1. The first-order valence-electron chi connectivity index (χ1n) is 6.36. The van der Waals surface area contributed by atoms with Crippen molar-refractivity contribution in [1.82, 2.24) is 0 Å². The van der Waals surface area contributed by atoms with E-state index in [1.807, 2.05) is 0 Å². The van der Waals surface area contributed by atoms with Crippen LogP contribution in [0.4, 0.5) is 0 Å². The van der Waals surface area contributed by atoms with Crippen LogP contribution in [-0.4, -0.2) is 27.6 Å². The fourth-order valence-electron chi connectivity index (χ4n) is 1.92. The van der Waals surface area contributed by atoms with Gasteiger partial charge >= 0.3 is 0 Å². The number of hydrogen-bond donors (Lipinski definition) is 0. The number of ether oxygens (including phenoxy) is 1. The van der Waals surface area contributed by atoms with Crippen molar-refractivity contribution in [3.05, 3.63) is 59.7 Å². The summed E-state index contributed by atoms with van der Waals surface area (Å²) in [4.78, 5) is 12.4. The normalized spacial score (nSPS) is 11.1. The van der Waals surface area contributed by atoms with Gasteiger partial charge in [0.15, 0.2) is 15.6 Å². The molecule has 0 aliphatic heterocycles. The lowest BCUT2D eigenvalue weighted by molar-refractivity contribution is 0.0993. The number of ketones is 1. The van der Waals surface area contributed by atoms with Gasteiger partial charge < -0.3 is 4.74 Å². The molecule has 0 aromatic heterocycles. The van der Waals surface area contributed by atoms with E-state index < -0.39 is 9.84 Å². The first kappa shape index (κ1) is 15.3. The van der Waals surface area contributed by atoms with E-state index in [-0.39, 0.29) is 17.1 Å². The van der Waals surface area contributed by atoms with Crippen LogP contribution in [0.2, 0.25) is 0 Å². The summed E-state index contributed by atoms with van der Waals surface area (Å²) in [7, 11) is -1.64. The van der Waals surface area contributed by atoms with Gasteiger partial charge in [-0.3, -0.25) is 4.79 Å². The summed E-state index contributed by atoms with van der Waals surface area (Å²) in [5.74, 6) is 0.675. The van der Waals surface area contributed by atoms with Crippen molar-refractivity contribution in [3.63, 3.8) is 0 Å². The Hall–Kier alpha value is -2.14. The maximum Gasteiger partial charge on any atom is 0.175 e. The van der Waals surface area contributed by atoms with Crippen LogP contribution in [0.5, 0.6) is 5.75 Å². The lowest BCUT2D eigenvalue weighted by Gasteiger charge is -2.04. The van der Waals surface area contributed by atoms with E-state index in [1.54, 1.807) is 43.5 Å². The van der Waals surface area contributed by atoms with Gasteiger partial charge in [-0.05, 0) is 42.0 Å². The van der Waals surface area contributed by atoms with E-state index in [9.17, 15) is 13.2 Å². The number of carbonyl (C=O) groups is 1. The zero-order valence-corrected chi connectivity index (χ0v) is 12.7. The second-order valence-corrected chi connectivity index (χ2v) is 6.76. The maximum absolute atomic E-state index is 12.1. The largest absolute Gasteiger partial charge is 0.497 e. The van der Waals surface area contributed by atoms with Gasteiger partial charge in [0.2, 0.25) is 0 Å². The van der Waals surface area contributed by atoms with E-state index in [0.29, 0.717) is 11.3 Å². The smallest absolute Gasteiger partial charge is 0.175 e. The summed E-state index contributed by atoms with van der Waals surface area (Å²) in [5, 5.41) is 0. The molecule has 0 N–H and O–H groups in total. The Morgan fingerprint density at radius 2 is 1.57 bits per heavy atom. The number of methoxy groups -OCH3 is 1. The van der Waals surface area contributed by atoms with Gasteiger partial charge in [0.05, 0.1) is 12.0 Å². The fraction of sp³-hybridized carbons (Fsp3) is 0.188. The summed E-state index contributed by atoms with van der Waals surface area (Å²) in [6.07, 6.45) is 1.39. The number of hydrogen-bond acceptors (Lipinski definition) is 4. The Morgan fingerprint density at radius 1 is 1.00 bits per heavy atom. The predicted molar refractivity (Wildman–Crippen MR) is 80.6 cm³/mol. The molecule has 0 aliphatic rings. The highest BCUT2D eigenvalue weighted by atomic mass is 32.2. The molecule has 4 nitrogen and oxygen atoms in total. The highest BCUT2D eigenvalue weighted by molar-refractivity contribution is 7.90. The van der Waals surface area contributed by atoms with E-state index in [2.05, 4.69) is 0 Å². The zero-order chi connectivity index (χ0) is 15.5. The minimum atomic E-state index is -3.21. The topological polar surface area (TPSA) is 60.4 Å². The average Bonchev–Trinajstić information content (AvgIpc) is 2.47. The van der Waals surface area contributed by atoms with Crippen LogP contribution < -0.4 is 4.74 Å². The molecule has 5 heteroatoms. The van der Waals surface area contributed by atoms with Crippen molar-refractivity contribution in [1.29, 1.82) is 0 Å². The summed E-state index contributed by atoms with van der Waals surface area (Å²) < 4.78 is 27.8. The molecule has 0 amide bonds. The number of rotatable bonds is 5. The molecule has 2 aromatic rings. The number of carbonyl (C=O) groups excluding carboxylic acids is 1. The molecule has 0 atom stereocenters. The van der Waals surface area contributed by atoms with Crippen molar-refractivity contribution >= 4 is 15.6 Å². The van der Waals surface area contributed by atoms with Crippen molar-refractivity contribution < 1.29 is 17.9 Å². The third-order valence-electron chi connectivity index (χ3n) is 3.13. The Kier molecular flexibility index (Phi) is 4.43. The molecule has 110 valence electrons. The average molecular weight is 304 g/mol. The summed E-state index contributed by atoms with van der Waals surface area (Å²) in [6.45, 7) is 0.